The number of carbonyl (C=O) groups is 2. The lowest BCUT2D eigenvalue weighted by atomic mass is 9.99. The second-order valence-corrected chi connectivity index (χ2v) is 8.39. The van der Waals surface area contributed by atoms with Crippen LogP contribution in [0.3, 0.4) is 0 Å². The van der Waals surface area contributed by atoms with Crippen molar-refractivity contribution >= 4 is 33.4 Å². The minimum atomic E-state index is -0.899. The molecule has 4 rings (SSSR count). The van der Waals surface area contributed by atoms with Crippen molar-refractivity contribution in [3.8, 4) is 11.5 Å². The molecular formula is C25H22BrNO6. The van der Waals surface area contributed by atoms with E-state index in [1.807, 2.05) is 18.2 Å². The maximum Gasteiger partial charge on any atom is 0.296 e. The van der Waals surface area contributed by atoms with Gasteiger partial charge in [0, 0.05) is 11.1 Å². The van der Waals surface area contributed by atoms with E-state index in [0.29, 0.717) is 33.1 Å². The molecule has 0 aliphatic carbocycles. The maximum absolute atomic E-state index is 13.2. The van der Waals surface area contributed by atoms with Crippen LogP contribution in [-0.2, 0) is 16.1 Å². The molecule has 3 aromatic rings. The van der Waals surface area contributed by atoms with E-state index in [-0.39, 0.29) is 17.9 Å². The van der Waals surface area contributed by atoms with Crippen LogP contribution in [0.25, 0.3) is 5.76 Å². The quantitative estimate of drug-likeness (QED) is 0.285. The second-order valence-electron chi connectivity index (χ2n) is 7.54. The smallest absolute Gasteiger partial charge is 0.296 e. The van der Waals surface area contributed by atoms with Crippen molar-refractivity contribution in [2.24, 2.45) is 0 Å². The number of aliphatic hydroxyl groups excluding tert-OH is 1. The van der Waals surface area contributed by atoms with Gasteiger partial charge in [-0.05, 0) is 59.3 Å². The molecule has 170 valence electrons. The fraction of sp³-hybridized carbons (Fsp3) is 0.200. The Morgan fingerprint density at radius 1 is 1.06 bits per heavy atom. The van der Waals surface area contributed by atoms with E-state index in [2.05, 4.69) is 15.9 Å². The number of hydrogen-bond acceptors (Lipinski definition) is 6. The van der Waals surface area contributed by atoms with E-state index in [9.17, 15) is 14.7 Å². The van der Waals surface area contributed by atoms with E-state index in [1.165, 1.54) is 12.0 Å². The Balaban J connectivity index is 1.85. The molecule has 8 heteroatoms. The topological polar surface area (TPSA) is 89.2 Å². The number of ether oxygens (including phenoxy) is 2. The third-order valence-corrected chi connectivity index (χ3v) is 6.15. The molecule has 1 aromatic heterocycles. The molecule has 1 atom stereocenters. The molecule has 1 aliphatic rings. The van der Waals surface area contributed by atoms with Crippen LogP contribution < -0.4 is 9.47 Å². The fourth-order valence-corrected chi connectivity index (χ4v) is 4.47. The molecule has 33 heavy (non-hydrogen) atoms. The third kappa shape index (κ3) is 4.14. The zero-order chi connectivity index (χ0) is 23.7. The highest BCUT2D eigenvalue weighted by atomic mass is 79.9. The Kier molecular flexibility index (Phi) is 6.29. The third-order valence-electron chi connectivity index (χ3n) is 5.53. The number of benzene rings is 2. The molecule has 7 nitrogen and oxygen atoms in total. The number of aliphatic hydroxyl groups is 1. The van der Waals surface area contributed by atoms with Crippen LogP contribution in [0, 0.1) is 6.92 Å². The summed E-state index contributed by atoms with van der Waals surface area (Å²) in [6, 6.07) is 14.7. The summed E-state index contributed by atoms with van der Waals surface area (Å²) in [5, 5.41) is 11.2. The number of hydrogen-bond donors (Lipinski definition) is 1. The highest BCUT2D eigenvalue weighted by Crippen LogP contribution is 2.42. The SMILES string of the molecule is COc1ccc(/C(O)=C2\C(=O)C(=O)N(Cc3ccccc3OC)C2c2ccc(C)o2)cc1Br. The van der Waals surface area contributed by atoms with Crippen molar-refractivity contribution in [1.82, 2.24) is 4.90 Å². The highest BCUT2D eigenvalue weighted by Gasteiger charge is 2.47. The average molecular weight is 512 g/mol. The van der Waals surface area contributed by atoms with Crippen LogP contribution in [0.4, 0.5) is 0 Å². The van der Waals surface area contributed by atoms with E-state index >= 15 is 0 Å². The van der Waals surface area contributed by atoms with Crippen LogP contribution >= 0.6 is 15.9 Å². The van der Waals surface area contributed by atoms with Gasteiger partial charge in [0.15, 0.2) is 0 Å². The molecule has 1 N–H and O–H groups in total. The lowest BCUT2D eigenvalue weighted by Gasteiger charge is -2.24. The molecule has 1 saturated heterocycles. The van der Waals surface area contributed by atoms with Crippen LogP contribution in [0.15, 0.2) is 69.1 Å². The number of amides is 1. The molecule has 0 saturated carbocycles. The number of methoxy groups -OCH3 is 2. The average Bonchev–Trinajstić information content (AvgIpc) is 3.35. The zero-order valence-electron chi connectivity index (χ0n) is 18.3. The molecule has 1 aliphatic heterocycles. The Bertz CT molecular complexity index is 1260. The van der Waals surface area contributed by atoms with Crippen molar-refractivity contribution in [2.75, 3.05) is 14.2 Å². The fourth-order valence-electron chi connectivity index (χ4n) is 3.93. The van der Waals surface area contributed by atoms with Gasteiger partial charge in [-0.1, -0.05) is 18.2 Å². The van der Waals surface area contributed by atoms with Gasteiger partial charge in [0.1, 0.15) is 34.8 Å². The lowest BCUT2D eigenvalue weighted by molar-refractivity contribution is -0.140. The Morgan fingerprint density at radius 2 is 1.79 bits per heavy atom. The summed E-state index contributed by atoms with van der Waals surface area (Å²) in [6.07, 6.45) is 0. The summed E-state index contributed by atoms with van der Waals surface area (Å²) in [7, 11) is 3.07. The van der Waals surface area contributed by atoms with Gasteiger partial charge in [0.2, 0.25) is 0 Å². The predicted molar refractivity (Wildman–Crippen MR) is 125 cm³/mol. The molecule has 1 unspecified atom stereocenters. The summed E-state index contributed by atoms with van der Waals surface area (Å²) in [5.41, 5.74) is 1.05. The first kappa shape index (κ1) is 22.7. The predicted octanol–water partition coefficient (Wildman–Crippen LogP) is 4.99. The number of aryl methyl sites for hydroxylation is 1. The van der Waals surface area contributed by atoms with Crippen LogP contribution in [0.5, 0.6) is 11.5 Å². The van der Waals surface area contributed by atoms with Crippen molar-refractivity contribution in [3.05, 3.63) is 87.3 Å². The highest BCUT2D eigenvalue weighted by molar-refractivity contribution is 9.10. The van der Waals surface area contributed by atoms with Crippen molar-refractivity contribution < 1.29 is 28.6 Å². The molecule has 1 fully saturated rings. The number of Topliss-reactive ketones (excluding diaryl/α,β-unsaturated/α-hetero) is 1. The van der Waals surface area contributed by atoms with Crippen molar-refractivity contribution in [3.63, 3.8) is 0 Å². The summed E-state index contributed by atoms with van der Waals surface area (Å²) in [4.78, 5) is 27.7. The zero-order valence-corrected chi connectivity index (χ0v) is 19.9. The Morgan fingerprint density at radius 3 is 2.42 bits per heavy atom. The van der Waals surface area contributed by atoms with Crippen LogP contribution in [0.1, 0.15) is 28.7 Å². The number of para-hydroxylation sites is 1. The summed E-state index contributed by atoms with van der Waals surface area (Å²) < 4.78 is 17.1. The summed E-state index contributed by atoms with van der Waals surface area (Å²) >= 11 is 3.39. The van der Waals surface area contributed by atoms with Gasteiger partial charge in [0.25, 0.3) is 11.7 Å². The number of halogens is 1. The Hall–Kier alpha value is -3.52. The number of likely N-dealkylation sites (tertiary alicyclic amines) is 1. The molecule has 2 heterocycles. The van der Waals surface area contributed by atoms with Gasteiger partial charge in [-0.2, -0.15) is 0 Å². The van der Waals surface area contributed by atoms with Crippen LogP contribution in [0.2, 0.25) is 0 Å². The van der Waals surface area contributed by atoms with Crippen LogP contribution in [-0.4, -0.2) is 35.9 Å². The Labute approximate surface area is 199 Å². The summed E-state index contributed by atoms with van der Waals surface area (Å²) in [5.74, 6) is 0.366. The molecule has 0 bridgehead atoms. The van der Waals surface area contributed by atoms with Crippen molar-refractivity contribution in [1.29, 1.82) is 0 Å². The van der Waals surface area contributed by atoms with E-state index in [4.69, 9.17) is 13.9 Å². The first-order valence-corrected chi connectivity index (χ1v) is 11.0. The van der Waals surface area contributed by atoms with E-state index in [0.717, 1.165) is 5.56 Å². The minimum absolute atomic E-state index is 0.0404. The molecule has 0 spiro atoms. The minimum Gasteiger partial charge on any atom is -0.507 e. The largest absolute Gasteiger partial charge is 0.507 e. The van der Waals surface area contributed by atoms with Gasteiger partial charge in [-0.25, -0.2) is 0 Å². The number of furan rings is 1. The number of rotatable bonds is 6. The molecule has 1 amide bonds. The second kappa shape index (κ2) is 9.15. The van der Waals surface area contributed by atoms with Gasteiger partial charge in [-0.3, -0.25) is 9.59 Å². The van der Waals surface area contributed by atoms with Gasteiger partial charge >= 0.3 is 0 Å². The normalized spacial score (nSPS) is 17.5. The lowest BCUT2D eigenvalue weighted by Crippen LogP contribution is -2.29. The van der Waals surface area contributed by atoms with Gasteiger partial charge in [-0.15, -0.1) is 0 Å². The monoisotopic (exact) mass is 511 g/mol. The first-order chi connectivity index (χ1) is 15.8. The molecule has 0 radical (unpaired) electrons. The first-order valence-electron chi connectivity index (χ1n) is 10.2. The number of ketones is 1. The number of nitrogens with zero attached hydrogens (tertiary/aromatic N) is 1. The van der Waals surface area contributed by atoms with Gasteiger partial charge in [0.05, 0.1) is 30.8 Å². The maximum atomic E-state index is 13.2. The molecule has 2 aromatic carbocycles. The van der Waals surface area contributed by atoms with Crippen molar-refractivity contribution in [2.45, 2.75) is 19.5 Å². The standard InChI is InChI=1S/C25H22BrNO6/c1-14-8-10-20(33-14)22-21(23(28)15-9-11-19(32-3)17(26)12-15)24(29)25(30)27(22)13-16-6-4-5-7-18(16)31-2/h4-12,22,28H,13H2,1-3H3/b23-21+. The number of carbonyl (C=O) groups excluding carboxylic acids is 2. The molecular weight excluding hydrogens is 490 g/mol. The van der Waals surface area contributed by atoms with E-state index in [1.54, 1.807) is 50.4 Å². The van der Waals surface area contributed by atoms with Gasteiger partial charge < -0.3 is 23.9 Å². The summed E-state index contributed by atoms with van der Waals surface area (Å²) in [6.45, 7) is 1.87. The van der Waals surface area contributed by atoms with E-state index < -0.39 is 17.7 Å².